The summed E-state index contributed by atoms with van der Waals surface area (Å²) >= 11 is 0. The average molecular weight is 180 g/mol. The number of carboxylic acid groups (broad SMARTS) is 1. The van der Waals surface area contributed by atoms with Gasteiger partial charge in [0.2, 0.25) is 0 Å². The van der Waals surface area contributed by atoms with Gasteiger partial charge in [-0.15, -0.1) is 12.4 Å². The molecule has 1 aliphatic heterocycles. The summed E-state index contributed by atoms with van der Waals surface area (Å²) in [5, 5.41) is 8.34. The zero-order chi connectivity index (χ0) is 6.69. The first-order valence-corrected chi connectivity index (χ1v) is 2.47. The Hall–Kier alpha value is -1.07. The number of carbonyl (C=O) groups is 1. The van der Waals surface area contributed by atoms with Crippen LogP contribution in [-0.2, 0) is 0 Å². The summed E-state index contributed by atoms with van der Waals surface area (Å²) in [5.41, 5.74) is 0. The minimum Gasteiger partial charge on any atom is -0.465 e. The molecule has 64 valence electrons. The van der Waals surface area contributed by atoms with Crippen LogP contribution < -0.4 is 6.15 Å². The van der Waals surface area contributed by atoms with Crippen molar-refractivity contribution in [2.45, 2.75) is 0 Å². The molecule has 1 rings (SSSR count). The number of rotatable bonds is 0. The molecule has 0 atom stereocenters. The average Bonchev–Trinajstić information content (AvgIpc) is 1.90. The maximum Gasteiger partial charge on any atom is 0.412 e. The lowest BCUT2D eigenvalue weighted by Gasteiger charge is -2.12. The largest absolute Gasteiger partial charge is 0.465 e. The van der Waals surface area contributed by atoms with E-state index in [0.717, 1.165) is 4.90 Å². The molecule has 0 radical (unpaired) electrons. The topological polar surface area (TPSA) is 87.9 Å². The van der Waals surface area contributed by atoms with E-state index in [1.807, 2.05) is 0 Å². The molecule has 5 nitrogen and oxygen atoms in total. The van der Waals surface area contributed by atoms with Crippen molar-refractivity contribution < 1.29 is 9.90 Å². The third-order valence-electron chi connectivity index (χ3n) is 0.937. The van der Waals surface area contributed by atoms with Crippen LogP contribution in [0.5, 0.6) is 0 Å². The van der Waals surface area contributed by atoms with Gasteiger partial charge in [0.25, 0.3) is 0 Å². The van der Waals surface area contributed by atoms with Gasteiger partial charge in [0.15, 0.2) is 0 Å². The fraction of sp³-hybridized carbons (Fsp3) is 0.200. The van der Waals surface area contributed by atoms with Crippen LogP contribution in [0.25, 0.3) is 0 Å². The second-order valence-electron chi connectivity index (χ2n) is 1.57. The molecule has 1 heterocycles. The number of allylic oxidation sites excluding steroid dienone is 1. The maximum atomic E-state index is 10.2. The monoisotopic (exact) mass is 179 g/mol. The molecule has 0 aliphatic carbocycles. The first-order chi connectivity index (χ1) is 4.30. The summed E-state index contributed by atoms with van der Waals surface area (Å²) in [5.74, 6) is 0. The third kappa shape index (κ3) is 3.59. The number of halogens is 1. The molecule has 0 unspecified atom stereocenters. The van der Waals surface area contributed by atoms with Crippen LogP contribution in [0.4, 0.5) is 4.79 Å². The quantitative estimate of drug-likeness (QED) is 0.584. The van der Waals surface area contributed by atoms with E-state index in [-0.39, 0.29) is 25.2 Å². The van der Waals surface area contributed by atoms with Gasteiger partial charge in [0.1, 0.15) is 6.67 Å². The lowest BCUT2D eigenvalue weighted by atomic mass is 10.5. The van der Waals surface area contributed by atoms with E-state index in [9.17, 15) is 4.79 Å². The number of nitrogens with zero attached hydrogens (tertiary/aromatic N) is 2. The summed E-state index contributed by atoms with van der Waals surface area (Å²) in [6.07, 6.45) is 3.65. The van der Waals surface area contributed by atoms with Crippen molar-refractivity contribution in [1.29, 1.82) is 0 Å². The third-order valence-corrected chi connectivity index (χ3v) is 0.937. The Morgan fingerprint density at radius 3 is 2.55 bits per heavy atom. The smallest absolute Gasteiger partial charge is 0.412 e. The molecule has 1 aliphatic rings. The minimum atomic E-state index is -0.969. The van der Waals surface area contributed by atoms with Gasteiger partial charge < -0.3 is 11.3 Å². The Labute approximate surface area is 70.4 Å². The highest BCUT2D eigenvalue weighted by Crippen LogP contribution is 1.94. The van der Waals surface area contributed by atoms with Crippen molar-refractivity contribution in [2.24, 2.45) is 4.99 Å². The maximum absolute atomic E-state index is 10.2. The highest BCUT2D eigenvalue weighted by atomic mass is 35.5. The Balaban J connectivity index is 0. The van der Waals surface area contributed by atoms with Gasteiger partial charge in [-0.1, -0.05) is 0 Å². The van der Waals surface area contributed by atoms with Crippen LogP contribution in [0.2, 0.25) is 0 Å². The molecule has 0 saturated carbocycles. The first kappa shape index (κ1) is 12.6. The number of hydrogen-bond acceptors (Lipinski definition) is 3. The fourth-order valence-electron chi connectivity index (χ4n) is 0.510. The van der Waals surface area contributed by atoms with Gasteiger partial charge in [-0.05, 0) is 6.08 Å². The Morgan fingerprint density at radius 2 is 2.27 bits per heavy atom. The molecule has 0 bridgehead atoms. The van der Waals surface area contributed by atoms with Crippen molar-refractivity contribution in [2.75, 3.05) is 6.67 Å². The highest BCUT2D eigenvalue weighted by molar-refractivity contribution is 5.85. The van der Waals surface area contributed by atoms with Gasteiger partial charge in [0, 0.05) is 12.4 Å². The van der Waals surface area contributed by atoms with Crippen molar-refractivity contribution in [3.8, 4) is 0 Å². The molecule has 0 aromatic heterocycles. The Morgan fingerprint density at radius 1 is 1.64 bits per heavy atom. The molecule has 6 heteroatoms. The summed E-state index contributed by atoms with van der Waals surface area (Å²) in [7, 11) is 0. The lowest BCUT2D eigenvalue weighted by molar-refractivity contribution is 0.164. The van der Waals surface area contributed by atoms with Crippen molar-refractivity contribution in [3.63, 3.8) is 0 Å². The van der Waals surface area contributed by atoms with Crippen molar-refractivity contribution in [3.05, 3.63) is 12.3 Å². The van der Waals surface area contributed by atoms with Crippen LogP contribution in [0.15, 0.2) is 17.3 Å². The standard InChI is InChI=1S/C5H6N2O2.ClH.H3N/c8-5(9)7-3-1-2-6-4-7;;/h1-3H,4H2,(H,8,9);1H;1H3. The summed E-state index contributed by atoms with van der Waals surface area (Å²) in [6, 6.07) is 0. The van der Waals surface area contributed by atoms with E-state index in [1.165, 1.54) is 6.20 Å². The normalized spacial score (nSPS) is 13.3. The highest BCUT2D eigenvalue weighted by Gasteiger charge is 2.06. The number of aliphatic imine (C=N–C) groups is 1. The number of amides is 1. The lowest BCUT2D eigenvalue weighted by Crippen LogP contribution is -2.25. The van der Waals surface area contributed by atoms with Crippen molar-refractivity contribution >= 4 is 24.7 Å². The van der Waals surface area contributed by atoms with E-state index >= 15 is 0 Å². The van der Waals surface area contributed by atoms with Crippen LogP contribution in [0, 0.1) is 0 Å². The molecule has 0 fully saturated rings. The second kappa shape index (κ2) is 5.70. The summed E-state index contributed by atoms with van der Waals surface area (Å²) in [6.45, 7) is 0.214. The molecular formula is C5H10ClN3O2. The van der Waals surface area contributed by atoms with E-state index in [0.29, 0.717) is 0 Å². The molecule has 0 saturated heterocycles. The molecule has 0 aromatic rings. The van der Waals surface area contributed by atoms with E-state index < -0.39 is 6.09 Å². The van der Waals surface area contributed by atoms with Gasteiger partial charge in [-0.3, -0.25) is 9.89 Å². The molecular weight excluding hydrogens is 170 g/mol. The SMILES string of the molecule is Cl.N.O=C(O)N1C=CC=NC1. The van der Waals surface area contributed by atoms with Crippen molar-refractivity contribution in [1.82, 2.24) is 11.1 Å². The predicted molar refractivity (Wildman–Crippen MR) is 44.6 cm³/mol. The van der Waals surface area contributed by atoms with Crippen LogP contribution in [0.3, 0.4) is 0 Å². The van der Waals surface area contributed by atoms with Gasteiger partial charge in [-0.2, -0.15) is 0 Å². The van der Waals surface area contributed by atoms with E-state index in [4.69, 9.17) is 5.11 Å². The summed E-state index contributed by atoms with van der Waals surface area (Å²) < 4.78 is 0. The van der Waals surface area contributed by atoms with Gasteiger partial charge >= 0.3 is 6.09 Å². The van der Waals surface area contributed by atoms with Crippen LogP contribution in [-0.4, -0.2) is 29.0 Å². The molecule has 4 N–H and O–H groups in total. The fourth-order valence-corrected chi connectivity index (χ4v) is 0.510. The minimum absolute atomic E-state index is 0. The zero-order valence-corrected chi connectivity index (χ0v) is 6.62. The molecule has 1 amide bonds. The molecule has 11 heavy (non-hydrogen) atoms. The van der Waals surface area contributed by atoms with E-state index in [1.54, 1.807) is 12.3 Å². The predicted octanol–water partition coefficient (Wildman–Crippen LogP) is 1.11. The first-order valence-electron chi connectivity index (χ1n) is 2.47. The van der Waals surface area contributed by atoms with Crippen LogP contribution in [0.1, 0.15) is 0 Å². The Bertz CT molecular complexity index is 181. The zero-order valence-electron chi connectivity index (χ0n) is 5.80. The summed E-state index contributed by atoms with van der Waals surface area (Å²) in [4.78, 5) is 15.0. The van der Waals surface area contributed by atoms with Gasteiger partial charge in [0.05, 0.1) is 0 Å². The molecule has 0 spiro atoms. The Kier molecular flexibility index (Phi) is 6.52. The van der Waals surface area contributed by atoms with E-state index in [2.05, 4.69) is 4.99 Å². The van der Waals surface area contributed by atoms with Crippen LogP contribution >= 0.6 is 12.4 Å². The number of hydrogen-bond donors (Lipinski definition) is 2. The second-order valence-corrected chi connectivity index (χ2v) is 1.57. The van der Waals surface area contributed by atoms with Gasteiger partial charge in [-0.25, -0.2) is 4.79 Å². The molecule has 0 aromatic carbocycles.